The molecule has 5 atom stereocenters. The molecule has 0 aromatic rings. The highest BCUT2D eigenvalue weighted by atomic mass is 16.4. The molecule has 1 aliphatic carbocycles. The molecule has 0 aliphatic heterocycles. The van der Waals surface area contributed by atoms with Gasteiger partial charge in [-0.2, -0.15) is 0 Å². The Hall–Kier alpha value is -0.160. The van der Waals surface area contributed by atoms with Crippen LogP contribution in [0.3, 0.4) is 0 Å². The van der Waals surface area contributed by atoms with E-state index in [2.05, 4.69) is 0 Å². The third-order valence-corrected chi connectivity index (χ3v) is 2.29. The van der Waals surface area contributed by atoms with Crippen molar-refractivity contribution < 1.29 is 20.4 Å². The number of hydrogen-bond donors (Lipinski definition) is 4. The summed E-state index contributed by atoms with van der Waals surface area (Å²) in [6.07, 6.45) is -3.92. The Morgan fingerprint density at radius 1 is 0.909 bits per heavy atom. The van der Waals surface area contributed by atoms with Gasteiger partial charge in [0.05, 0.1) is 12.2 Å². The van der Waals surface area contributed by atoms with E-state index in [1.807, 2.05) is 0 Å². The second kappa shape index (κ2) is 3.06. The molecule has 4 heteroatoms. The number of aliphatic hydroxyl groups is 4. The van der Waals surface area contributed by atoms with Gasteiger partial charge in [-0.1, -0.05) is 6.92 Å². The second-order valence-corrected chi connectivity index (χ2v) is 3.25. The lowest BCUT2D eigenvalue weighted by Crippen LogP contribution is -2.52. The van der Waals surface area contributed by atoms with Crippen LogP contribution in [0.25, 0.3) is 0 Å². The van der Waals surface area contributed by atoms with Crippen molar-refractivity contribution in [2.24, 2.45) is 5.92 Å². The van der Waals surface area contributed by atoms with Crippen LogP contribution in [0.4, 0.5) is 0 Å². The Labute approximate surface area is 65.1 Å². The molecule has 66 valence electrons. The van der Waals surface area contributed by atoms with Crippen molar-refractivity contribution in [2.45, 2.75) is 37.8 Å². The van der Waals surface area contributed by atoms with Gasteiger partial charge >= 0.3 is 0 Å². The fourth-order valence-electron chi connectivity index (χ4n) is 1.43. The first-order valence-corrected chi connectivity index (χ1v) is 3.76. The quantitative estimate of drug-likeness (QED) is 0.348. The lowest BCUT2D eigenvalue weighted by atomic mass is 9.82. The smallest absolute Gasteiger partial charge is 0.108 e. The van der Waals surface area contributed by atoms with E-state index in [4.69, 9.17) is 15.3 Å². The molecule has 11 heavy (non-hydrogen) atoms. The van der Waals surface area contributed by atoms with E-state index in [0.717, 1.165) is 0 Å². The summed E-state index contributed by atoms with van der Waals surface area (Å²) in [5.74, 6) is -0.164. The minimum atomic E-state index is -1.21. The van der Waals surface area contributed by atoms with Crippen molar-refractivity contribution in [3.63, 3.8) is 0 Å². The maximum Gasteiger partial charge on any atom is 0.108 e. The number of hydrogen-bond acceptors (Lipinski definition) is 4. The van der Waals surface area contributed by atoms with Crippen LogP contribution in [0.15, 0.2) is 0 Å². The van der Waals surface area contributed by atoms with E-state index in [0.29, 0.717) is 6.42 Å². The molecule has 4 N–H and O–H groups in total. The highest BCUT2D eigenvalue weighted by Crippen LogP contribution is 2.24. The van der Waals surface area contributed by atoms with Gasteiger partial charge in [-0.3, -0.25) is 0 Å². The molecule has 1 fully saturated rings. The fraction of sp³-hybridized carbons (Fsp3) is 1.00. The van der Waals surface area contributed by atoms with Crippen molar-refractivity contribution in [1.82, 2.24) is 0 Å². The van der Waals surface area contributed by atoms with Gasteiger partial charge in [0.2, 0.25) is 0 Å². The molecule has 1 rings (SSSR count). The molecule has 0 bridgehead atoms. The highest BCUT2D eigenvalue weighted by Gasteiger charge is 2.39. The van der Waals surface area contributed by atoms with Crippen molar-refractivity contribution >= 4 is 0 Å². The first kappa shape index (κ1) is 8.93. The first-order chi connectivity index (χ1) is 5.04. The molecule has 0 radical (unpaired) electrons. The normalized spacial score (nSPS) is 52.6. The molecule has 1 saturated carbocycles. The van der Waals surface area contributed by atoms with E-state index in [1.54, 1.807) is 6.92 Å². The van der Waals surface area contributed by atoms with Crippen LogP contribution in [0.2, 0.25) is 0 Å². The standard InChI is InChI=1S/C7H14O4/c1-3-2-4(8)6(10)7(11)5(3)9/h3-11H,2H2,1H3/t3-,4+,5+,6+,7-/m0/s1. The molecule has 0 aromatic heterocycles. The molecule has 0 saturated heterocycles. The summed E-state index contributed by atoms with van der Waals surface area (Å²) >= 11 is 0. The Balaban J connectivity index is 2.63. The lowest BCUT2D eigenvalue weighted by Gasteiger charge is -2.36. The average molecular weight is 162 g/mol. The molecule has 0 amide bonds. The van der Waals surface area contributed by atoms with Crippen molar-refractivity contribution in [3.05, 3.63) is 0 Å². The van der Waals surface area contributed by atoms with E-state index < -0.39 is 24.4 Å². The zero-order valence-corrected chi connectivity index (χ0v) is 6.38. The minimum absolute atomic E-state index is 0.164. The van der Waals surface area contributed by atoms with Gasteiger partial charge in [0.25, 0.3) is 0 Å². The molecule has 0 unspecified atom stereocenters. The highest BCUT2D eigenvalue weighted by molar-refractivity contribution is 4.90. The van der Waals surface area contributed by atoms with Crippen LogP contribution in [-0.4, -0.2) is 44.8 Å². The Bertz CT molecular complexity index is 124. The SMILES string of the molecule is C[C@H]1C[C@@H](O)[C@@H](O)[C@@H](O)[C@@H]1O. The molecule has 0 heterocycles. The zero-order chi connectivity index (χ0) is 8.59. The summed E-state index contributed by atoms with van der Waals surface area (Å²) in [6, 6.07) is 0. The van der Waals surface area contributed by atoms with Crippen LogP contribution >= 0.6 is 0 Å². The van der Waals surface area contributed by atoms with Gasteiger partial charge in [0, 0.05) is 0 Å². The van der Waals surface area contributed by atoms with Gasteiger partial charge in [-0.05, 0) is 12.3 Å². The van der Waals surface area contributed by atoms with E-state index in [-0.39, 0.29) is 5.92 Å². The summed E-state index contributed by atoms with van der Waals surface area (Å²) in [5, 5.41) is 36.5. The van der Waals surface area contributed by atoms with Gasteiger partial charge in [0.15, 0.2) is 0 Å². The van der Waals surface area contributed by atoms with Gasteiger partial charge in [-0.25, -0.2) is 0 Å². The Kier molecular flexibility index (Phi) is 2.49. The number of aliphatic hydroxyl groups excluding tert-OH is 4. The first-order valence-electron chi connectivity index (χ1n) is 3.76. The maximum absolute atomic E-state index is 9.21. The summed E-state index contributed by atoms with van der Waals surface area (Å²) in [4.78, 5) is 0. The minimum Gasteiger partial charge on any atom is -0.390 e. The average Bonchev–Trinajstić information content (AvgIpc) is 1.97. The predicted molar refractivity (Wildman–Crippen MR) is 37.8 cm³/mol. The Morgan fingerprint density at radius 2 is 1.45 bits per heavy atom. The molecular weight excluding hydrogens is 148 g/mol. The van der Waals surface area contributed by atoms with Gasteiger partial charge in [-0.15, -0.1) is 0 Å². The number of rotatable bonds is 0. The van der Waals surface area contributed by atoms with Crippen LogP contribution in [0.1, 0.15) is 13.3 Å². The fourth-order valence-corrected chi connectivity index (χ4v) is 1.43. The summed E-state index contributed by atoms with van der Waals surface area (Å²) in [5.41, 5.74) is 0. The molecule has 0 spiro atoms. The van der Waals surface area contributed by atoms with Crippen molar-refractivity contribution in [2.75, 3.05) is 0 Å². The molecule has 0 aromatic carbocycles. The van der Waals surface area contributed by atoms with E-state index in [1.165, 1.54) is 0 Å². The van der Waals surface area contributed by atoms with Gasteiger partial charge in [0.1, 0.15) is 12.2 Å². The van der Waals surface area contributed by atoms with Gasteiger partial charge < -0.3 is 20.4 Å². The molecular formula is C7H14O4. The lowest BCUT2D eigenvalue weighted by molar-refractivity contribution is -0.154. The van der Waals surface area contributed by atoms with Crippen LogP contribution in [0, 0.1) is 5.92 Å². The predicted octanol–water partition coefficient (Wildman–Crippen LogP) is -1.53. The zero-order valence-electron chi connectivity index (χ0n) is 6.38. The van der Waals surface area contributed by atoms with Crippen molar-refractivity contribution in [3.8, 4) is 0 Å². The third kappa shape index (κ3) is 1.54. The molecule has 4 nitrogen and oxygen atoms in total. The maximum atomic E-state index is 9.21. The Morgan fingerprint density at radius 3 is 2.00 bits per heavy atom. The monoisotopic (exact) mass is 162 g/mol. The topological polar surface area (TPSA) is 80.9 Å². The van der Waals surface area contributed by atoms with E-state index >= 15 is 0 Å². The summed E-state index contributed by atoms with van der Waals surface area (Å²) < 4.78 is 0. The van der Waals surface area contributed by atoms with Crippen molar-refractivity contribution in [1.29, 1.82) is 0 Å². The van der Waals surface area contributed by atoms with Crippen LogP contribution in [-0.2, 0) is 0 Å². The second-order valence-electron chi connectivity index (χ2n) is 3.25. The third-order valence-electron chi connectivity index (χ3n) is 2.29. The summed E-state index contributed by atoms with van der Waals surface area (Å²) in [7, 11) is 0. The van der Waals surface area contributed by atoms with Crippen LogP contribution in [0.5, 0.6) is 0 Å². The van der Waals surface area contributed by atoms with Crippen LogP contribution < -0.4 is 0 Å². The van der Waals surface area contributed by atoms with E-state index in [9.17, 15) is 5.11 Å². The summed E-state index contributed by atoms with van der Waals surface area (Å²) in [6.45, 7) is 1.73. The largest absolute Gasteiger partial charge is 0.390 e. The molecule has 1 aliphatic rings.